The molecule has 1 fully saturated rings. The Bertz CT molecular complexity index is 2350. The number of amides is 10. The molecule has 1 aromatic heterocycles. The van der Waals surface area contributed by atoms with Gasteiger partial charge in [0.15, 0.2) is 5.96 Å². The van der Waals surface area contributed by atoms with Gasteiger partial charge in [-0.05, 0) is 135 Å². The summed E-state index contributed by atoms with van der Waals surface area (Å²) >= 11 is 0. The number of aromatic amines is 1. The van der Waals surface area contributed by atoms with Gasteiger partial charge in [-0.15, -0.1) is 0 Å². The van der Waals surface area contributed by atoms with Crippen molar-refractivity contribution in [1.29, 1.82) is 0 Å². The van der Waals surface area contributed by atoms with Crippen LogP contribution in [0.25, 0.3) is 0 Å². The fourth-order valence-electron chi connectivity index (χ4n) is 9.50. The van der Waals surface area contributed by atoms with Crippen LogP contribution in [0.15, 0.2) is 17.5 Å². The van der Waals surface area contributed by atoms with E-state index in [0.717, 1.165) is 0 Å². The van der Waals surface area contributed by atoms with E-state index >= 15 is 0 Å². The molecule has 1 aliphatic rings. The van der Waals surface area contributed by atoms with Crippen LogP contribution >= 0.6 is 0 Å². The minimum Gasteiger partial charge on any atom is -0.389 e. The number of aliphatic hydroxyl groups excluding tert-OH is 2. The lowest BCUT2D eigenvalue weighted by Crippen LogP contribution is -2.63. The monoisotopic (exact) mass is 1270 g/mol. The van der Waals surface area contributed by atoms with Crippen molar-refractivity contribution in [1.82, 2.24) is 62.7 Å². The second kappa shape index (κ2) is 44.3. The number of carbonyl (C=O) groups excluding carboxylic acids is 10. The average Bonchev–Trinajstić information content (AvgIpc) is 3.90. The predicted octanol–water partition coefficient (Wildman–Crippen LogP) is -9.55. The largest absolute Gasteiger partial charge is 0.389 e. The number of nitrogens with zero attached hydrogens (tertiary/aromatic N) is 3. The van der Waals surface area contributed by atoms with E-state index in [2.05, 4.69) is 62.8 Å². The summed E-state index contributed by atoms with van der Waals surface area (Å²) in [7, 11) is 0. The van der Waals surface area contributed by atoms with E-state index < -0.39 is 145 Å². The molecule has 2 rings (SSSR count). The molecule has 1 saturated heterocycles. The van der Waals surface area contributed by atoms with Gasteiger partial charge >= 0.3 is 0 Å². The molecule has 11 atom stereocenters. The molecule has 1 aliphatic heterocycles. The summed E-state index contributed by atoms with van der Waals surface area (Å²) in [6, 6.07) is -12.1. The Hall–Kier alpha value is -7.22. The van der Waals surface area contributed by atoms with Crippen LogP contribution in [0.5, 0.6) is 0 Å². The highest BCUT2D eigenvalue weighted by Crippen LogP contribution is 2.21. The third-order valence-corrected chi connectivity index (χ3v) is 14.6. The minimum absolute atomic E-state index is 0.0109. The summed E-state index contributed by atoms with van der Waals surface area (Å²) in [5.74, 6) is -8.32. The van der Waals surface area contributed by atoms with Gasteiger partial charge in [0.05, 0.1) is 31.1 Å². The number of hydrogen-bond acceptors (Lipinski definition) is 22. The molecule has 0 radical (unpaired) electrons. The molecular formula is C54H103N23O12. The number of nitrogens with two attached hydrogens (primary N) is 10. The number of imidazole rings is 1. The summed E-state index contributed by atoms with van der Waals surface area (Å²) in [5, 5.41) is 44.5. The number of carbonyl (C=O) groups is 10. The first-order chi connectivity index (χ1) is 42.6. The first-order valence-electron chi connectivity index (χ1n) is 30.6. The summed E-state index contributed by atoms with van der Waals surface area (Å²) in [5.41, 5.74) is 57.2. The molecule has 506 valence electrons. The Kier molecular flexibility index (Phi) is 38.7. The van der Waals surface area contributed by atoms with Gasteiger partial charge in [0.25, 0.3) is 0 Å². The van der Waals surface area contributed by atoms with Gasteiger partial charge in [0, 0.05) is 51.0 Å². The molecule has 1 aromatic rings. The van der Waals surface area contributed by atoms with E-state index in [-0.39, 0.29) is 89.9 Å². The van der Waals surface area contributed by atoms with E-state index in [1.165, 1.54) is 17.4 Å². The maximum absolute atomic E-state index is 14.5. The second-order valence-electron chi connectivity index (χ2n) is 21.8. The number of guanidine groups is 1. The lowest BCUT2D eigenvalue weighted by atomic mass is 10.0. The van der Waals surface area contributed by atoms with Gasteiger partial charge in [0.1, 0.15) is 48.3 Å². The topological polar surface area (TPSA) is 624 Å². The highest BCUT2D eigenvalue weighted by molar-refractivity contribution is 5.98. The van der Waals surface area contributed by atoms with E-state index in [4.69, 9.17) is 57.3 Å². The summed E-state index contributed by atoms with van der Waals surface area (Å²) < 4.78 is 0. The second-order valence-corrected chi connectivity index (χ2v) is 21.8. The quantitative estimate of drug-likeness (QED) is 0.0164. The summed E-state index contributed by atoms with van der Waals surface area (Å²) in [6.45, 7) is 0.0844. The van der Waals surface area contributed by atoms with Crippen LogP contribution in [0.3, 0.4) is 0 Å². The van der Waals surface area contributed by atoms with Crippen LogP contribution in [0, 0.1) is 0 Å². The molecule has 0 bridgehead atoms. The Morgan fingerprint density at radius 2 is 1.07 bits per heavy atom. The van der Waals surface area contributed by atoms with Crippen molar-refractivity contribution in [2.24, 2.45) is 62.3 Å². The van der Waals surface area contributed by atoms with Crippen molar-refractivity contribution in [3.63, 3.8) is 0 Å². The zero-order valence-corrected chi connectivity index (χ0v) is 51.1. The maximum Gasteiger partial charge on any atom is 0.246 e. The molecule has 4 unspecified atom stereocenters. The van der Waals surface area contributed by atoms with Crippen molar-refractivity contribution in [2.45, 2.75) is 182 Å². The fourth-order valence-corrected chi connectivity index (χ4v) is 9.50. The van der Waals surface area contributed by atoms with Gasteiger partial charge in [-0.1, -0.05) is 6.42 Å². The molecule has 32 N–H and O–H groups in total. The van der Waals surface area contributed by atoms with Gasteiger partial charge in [0.2, 0.25) is 59.1 Å². The zero-order valence-electron chi connectivity index (χ0n) is 51.1. The van der Waals surface area contributed by atoms with Crippen molar-refractivity contribution < 1.29 is 58.2 Å². The van der Waals surface area contributed by atoms with Crippen molar-refractivity contribution in [2.75, 3.05) is 72.0 Å². The molecule has 0 spiro atoms. The molecule has 10 amide bonds. The average molecular weight is 1270 g/mol. The first kappa shape index (κ1) is 77.9. The van der Waals surface area contributed by atoms with E-state index in [1.54, 1.807) is 0 Å². The Morgan fingerprint density at radius 3 is 1.61 bits per heavy atom. The van der Waals surface area contributed by atoms with E-state index in [0.29, 0.717) is 89.7 Å². The van der Waals surface area contributed by atoms with Crippen LogP contribution < -0.4 is 105 Å². The number of likely N-dealkylation sites (tertiary alicyclic amines) is 1. The Labute approximate surface area is 519 Å². The van der Waals surface area contributed by atoms with Gasteiger partial charge in [-0.2, -0.15) is 0 Å². The lowest BCUT2D eigenvalue weighted by molar-refractivity contribution is -0.142. The van der Waals surface area contributed by atoms with Crippen molar-refractivity contribution in [3.05, 3.63) is 18.2 Å². The number of H-pyrrole nitrogens is 1. The molecule has 35 nitrogen and oxygen atoms in total. The number of aromatic nitrogens is 2. The molecule has 0 saturated carbocycles. The Balaban J connectivity index is 2.37. The Morgan fingerprint density at radius 1 is 0.562 bits per heavy atom. The van der Waals surface area contributed by atoms with Crippen LogP contribution in [0.2, 0.25) is 0 Å². The standard InChI is InChI=1S/C54H103N23O12/c55-18-4-1-12-33(62)45(81)75-44(41(79)28-61)52(88)76-43(40(78)27-60)51(87)68-30-42(80)70-37(15-9-22-59)53(89)77-25-11-17-39(77)50(86)74-38(26-32-29-65-31-69-32)49(85)73-35(14-3-6-20-57)47(83)72-36(16-10-24-67-54(63)64)48(84)71-34(13-2-5-19-56)46(82)66-23-8-7-21-58/h29,31,33-41,43-44,78-79H,1-28,30,55-62H2,(H,65,69)(H,66,82)(H,68,87)(H,70,80)(H,71,84)(H,72,83)(H,73,85)(H,74,86)(H,75,81)(H,76,88)(H4,63,64,67)/t33?,34-,35-,36?,37+,38?,39-,40-,41?,43-,44-/m0/s1. The summed E-state index contributed by atoms with van der Waals surface area (Å²) in [6.07, 6.45) is 4.86. The SMILES string of the molecule is NCCCCNC(=O)[C@H](CCCCN)NC(=O)C(CCCN=C(N)N)NC(=O)[C@H](CCCCN)NC(=O)C(Cc1cnc[nH]1)NC(=O)[C@@H]1CCCN1C(=O)[C@@H](CCCN)NC(=O)CNC(=O)[C@@H](NC(=O)[C@@H](NC(=O)C(N)CCCCN)C(O)CN)[C@@H](O)CN. The van der Waals surface area contributed by atoms with E-state index in [1.807, 2.05) is 0 Å². The molecule has 2 heterocycles. The highest BCUT2D eigenvalue weighted by Gasteiger charge is 2.41. The molecular weight excluding hydrogens is 1160 g/mol. The maximum atomic E-state index is 14.5. The number of hydrogen-bond donors (Lipinski definition) is 22. The number of nitrogens with one attached hydrogen (secondary N) is 10. The molecule has 89 heavy (non-hydrogen) atoms. The van der Waals surface area contributed by atoms with Gasteiger partial charge in [-0.3, -0.25) is 52.9 Å². The smallest absolute Gasteiger partial charge is 0.246 e. The third kappa shape index (κ3) is 29.3. The number of aliphatic imine (C=N–C) groups is 1. The lowest BCUT2D eigenvalue weighted by Gasteiger charge is -2.30. The number of rotatable bonds is 47. The predicted molar refractivity (Wildman–Crippen MR) is 330 cm³/mol. The fraction of sp³-hybridized carbons (Fsp3) is 0.741. The zero-order chi connectivity index (χ0) is 66.3. The highest BCUT2D eigenvalue weighted by atomic mass is 16.3. The van der Waals surface area contributed by atoms with Crippen LogP contribution in [0.4, 0.5) is 0 Å². The van der Waals surface area contributed by atoms with Gasteiger partial charge < -0.3 is 125 Å². The van der Waals surface area contributed by atoms with Crippen molar-refractivity contribution in [3.8, 4) is 0 Å². The normalized spacial score (nSPS) is 16.3. The molecule has 35 heteroatoms. The van der Waals surface area contributed by atoms with Crippen LogP contribution in [-0.2, 0) is 54.4 Å². The van der Waals surface area contributed by atoms with E-state index in [9.17, 15) is 58.2 Å². The molecule has 0 aromatic carbocycles. The first-order valence-corrected chi connectivity index (χ1v) is 30.6. The third-order valence-electron chi connectivity index (χ3n) is 14.6. The van der Waals surface area contributed by atoms with Crippen LogP contribution in [0.1, 0.15) is 115 Å². The number of aliphatic hydroxyl groups is 2. The van der Waals surface area contributed by atoms with Crippen LogP contribution in [-0.4, -0.2) is 229 Å². The van der Waals surface area contributed by atoms with Crippen molar-refractivity contribution >= 4 is 65.0 Å². The minimum atomic E-state index is -1.83. The van der Waals surface area contributed by atoms with Gasteiger partial charge in [-0.25, -0.2) is 4.98 Å². The molecule has 0 aliphatic carbocycles. The number of unbranched alkanes of at least 4 members (excludes halogenated alkanes) is 4. The summed E-state index contributed by atoms with van der Waals surface area (Å²) in [4.78, 5) is 151.